The van der Waals surface area contributed by atoms with E-state index in [2.05, 4.69) is 63.4 Å². The molecular weight excluding hydrogens is 382 g/mol. The van der Waals surface area contributed by atoms with E-state index in [4.69, 9.17) is 0 Å². The maximum atomic E-state index is 3.21. The van der Waals surface area contributed by atoms with E-state index < -0.39 is 0 Å². The Labute approximate surface area is 160 Å². The van der Waals surface area contributed by atoms with E-state index in [1.54, 1.807) is 0 Å². The van der Waals surface area contributed by atoms with Gasteiger partial charge in [-0.15, -0.1) is 12.8 Å². The SMILES string of the molecule is CCC1=[C-]CC=C1.CCC1=[C-]CC=C1.C[SiH]C.[Cl-].[Cl-].[Zr+4]. The number of hydrogen-bond acceptors (Lipinski definition) is 0. The minimum absolute atomic E-state index is 0. The van der Waals surface area contributed by atoms with Crippen molar-refractivity contribution in [3.8, 4) is 0 Å². The summed E-state index contributed by atoms with van der Waals surface area (Å²) >= 11 is 0. The molecule has 0 amide bonds. The van der Waals surface area contributed by atoms with Crippen LogP contribution >= 0.6 is 0 Å². The molecule has 0 aliphatic heterocycles. The van der Waals surface area contributed by atoms with Crippen molar-refractivity contribution in [1.29, 1.82) is 0 Å². The van der Waals surface area contributed by atoms with Crippen molar-refractivity contribution in [1.82, 2.24) is 0 Å². The first-order valence-electron chi connectivity index (χ1n) is 6.54. The zero-order valence-electron chi connectivity index (χ0n) is 13.0. The molecule has 0 fully saturated rings. The Morgan fingerprint density at radius 2 is 1.20 bits per heavy atom. The van der Waals surface area contributed by atoms with Crippen LogP contribution in [0.5, 0.6) is 0 Å². The molecule has 0 atom stereocenters. The van der Waals surface area contributed by atoms with Gasteiger partial charge in [-0.1, -0.05) is 39.8 Å². The number of rotatable bonds is 2. The van der Waals surface area contributed by atoms with E-state index in [9.17, 15) is 0 Å². The number of halogens is 2. The summed E-state index contributed by atoms with van der Waals surface area (Å²) in [6.07, 6.45) is 19.3. The average Bonchev–Trinajstić information content (AvgIpc) is 3.04. The minimum atomic E-state index is 0. The Hall–Kier alpha value is 0.640. The fourth-order valence-electron chi connectivity index (χ4n) is 1.39. The summed E-state index contributed by atoms with van der Waals surface area (Å²) in [5.41, 5.74) is 2.72. The molecule has 0 heterocycles. The normalized spacial score (nSPS) is 13.2. The molecule has 1 radical (unpaired) electrons. The van der Waals surface area contributed by atoms with Gasteiger partial charge in [-0.25, -0.2) is 23.3 Å². The van der Waals surface area contributed by atoms with Gasteiger partial charge in [-0.3, -0.25) is 12.2 Å². The van der Waals surface area contributed by atoms with Crippen molar-refractivity contribution < 1.29 is 51.0 Å². The first-order valence-corrected chi connectivity index (χ1v) is 8.85. The van der Waals surface area contributed by atoms with Crippen molar-refractivity contribution in [2.45, 2.75) is 52.6 Å². The third kappa shape index (κ3) is 16.7. The summed E-state index contributed by atoms with van der Waals surface area (Å²) in [4.78, 5) is 0. The van der Waals surface area contributed by atoms with Crippen molar-refractivity contribution in [2.75, 3.05) is 0 Å². The van der Waals surface area contributed by atoms with Crippen LogP contribution in [0, 0.1) is 12.2 Å². The van der Waals surface area contributed by atoms with Crippen LogP contribution in [-0.4, -0.2) is 9.52 Å². The zero-order chi connectivity index (χ0) is 12.9. The van der Waals surface area contributed by atoms with Gasteiger partial charge in [0.2, 0.25) is 0 Å². The number of allylic oxidation sites excluding steroid dienone is 8. The molecular formula is C16H25Cl2SiZr. The van der Waals surface area contributed by atoms with Gasteiger partial charge < -0.3 is 24.8 Å². The molecule has 20 heavy (non-hydrogen) atoms. The van der Waals surface area contributed by atoms with Gasteiger partial charge in [0.1, 0.15) is 0 Å². The van der Waals surface area contributed by atoms with Gasteiger partial charge in [0.05, 0.1) is 0 Å². The first kappa shape index (κ1) is 28.8. The third-order valence-corrected chi connectivity index (χ3v) is 2.29. The van der Waals surface area contributed by atoms with Crippen molar-refractivity contribution in [3.05, 3.63) is 47.6 Å². The molecule has 0 aromatic carbocycles. The quantitative estimate of drug-likeness (QED) is 0.394. The van der Waals surface area contributed by atoms with Crippen LogP contribution in [0.3, 0.4) is 0 Å². The summed E-state index contributed by atoms with van der Waals surface area (Å²) in [7, 11) is 0.750. The monoisotopic (exact) mass is 405 g/mol. The Kier molecular flexibility index (Phi) is 31.5. The molecule has 0 saturated heterocycles. The summed E-state index contributed by atoms with van der Waals surface area (Å²) in [5, 5.41) is 0. The van der Waals surface area contributed by atoms with E-state index in [1.807, 2.05) is 0 Å². The molecule has 0 unspecified atom stereocenters. The minimum Gasteiger partial charge on any atom is -1.00 e. The summed E-state index contributed by atoms with van der Waals surface area (Å²) < 4.78 is 0. The fraction of sp³-hybridized carbons (Fsp3) is 0.500. The van der Waals surface area contributed by atoms with Gasteiger partial charge >= 0.3 is 26.2 Å². The van der Waals surface area contributed by atoms with E-state index in [0.29, 0.717) is 0 Å². The molecule has 0 bridgehead atoms. The van der Waals surface area contributed by atoms with E-state index in [1.165, 1.54) is 11.1 Å². The van der Waals surface area contributed by atoms with Gasteiger partial charge in [0.25, 0.3) is 0 Å². The van der Waals surface area contributed by atoms with E-state index in [-0.39, 0.29) is 51.0 Å². The van der Waals surface area contributed by atoms with Crippen LogP contribution < -0.4 is 24.8 Å². The zero-order valence-corrected chi connectivity index (χ0v) is 18.1. The second-order valence-corrected chi connectivity index (χ2v) is 5.06. The van der Waals surface area contributed by atoms with Crippen molar-refractivity contribution in [3.63, 3.8) is 0 Å². The van der Waals surface area contributed by atoms with Crippen LogP contribution in [0.2, 0.25) is 13.1 Å². The molecule has 0 spiro atoms. The topological polar surface area (TPSA) is 0 Å². The second-order valence-electron chi connectivity index (χ2n) is 3.90. The maximum Gasteiger partial charge on any atom is 4.00 e. The third-order valence-electron chi connectivity index (χ3n) is 2.29. The maximum absolute atomic E-state index is 3.21. The summed E-state index contributed by atoms with van der Waals surface area (Å²) in [6.45, 7) is 8.72. The van der Waals surface area contributed by atoms with E-state index in [0.717, 1.165) is 35.2 Å². The standard InChI is InChI=1S/2C7H9.C2H7Si.2ClH.Zr/c2*1-2-7-5-3-4-6-7;1-3-2;;;/h2*3,5H,2,4H2,1H3;3H,1-2H3;2*1H;/q2*-1;;;;+4/p-2. The first-order chi connectivity index (χ1) is 8.28. The van der Waals surface area contributed by atoms with Crippen LogP contribution in [-0.2, 0) is 26.2 Å². The predicted molar refractivity (Wildman–Crippen MR) is 80.5 cm³/mol. The second kappa shape index (κ2) is 21.9. The molecule has 0 saturated carbocycles. The van der Waals surface area contributed by atoms with Gasteiger partial charge in [0, 0.05) is 9.52 Å². The Balaban J connectivity index is -0.0000000956. The van der Waals surface area contributed by atoms with Crippen molar-refractivity contribution in [2.24, 2.45) is 0 Å². The van der Waals surface area contributed by atoms with Crippen LogP contribution in [0.25, 0.3) is 0 Å². The molecule has 111 valence electrons. The number of hydrogen-bond donors (Lipinski definition) is 0. The van der Waals surface area contributed by atoms with Crippen LogP contribution in [0.4, 0.5) is 0 Å². The van der Waals surface area contributed by atoms with Gasteiger partial charge in [0.15, 0.2) is 0 Å². The molecule has 0 aromatic rings. The Morgan fingerprint density at radius 3 is 1.30 bits per heavy atom. The largest absolute Gasteiger partial charge is 4.00 e. The molecule has 0 nitrogen and oxygen atoms in total. The summed E-state index contributed by atoms with van der Waals surface area (Å²) in [5.74, 6) is 0. The van der Waals surface area contributed by atoms with Crippen LogP contribution in [0.1, 0.15) is 39.5 Å². The average molecular weight is 408 g/mol. The molecule has 4 heteroatoms. The van der Waals surface area contributed by atoms with Gasteiger partial charge in [-0.2, -0.15) is 12.2 Å². The molecule has 0 N–H and O–H groups in total. The smallest absolute Gasteiger partial charge is 1.00 e. The van der Waals surface area contributed by atoms with E-state index >= 15 is 0 Å². The molecule has 0 aromatic heterocycles. The molecule has 2 aliphatic rings. The van der Waals surface area contributed by atoms with Gasteiger partial charge in [-0.05, 0) is 0 Å². The molecule has 2 rings (SSSR count). The van der Waals surface area contributed by atoms with Crippen molar-refractivity contribution >= 4 is 9.52 Å². The molecule has 2 aliphatic carbocycles. The predicted octanol–water partition coefficient (Wildman–Crippen LogP) is -1.30. The Bertz CT molecular complexity index is 278. The summed E-state index contributed by atoms with van der Waals surface area (Å²) in [6, 6.07) is 0. The fourth-order valence-corrected chi connectivity index (χ4v) is 1.39. The Morgan fingerprint density at radius 1 is 0.900 bits per heavy atom. The van der Waals surface area contributed by atoms with Crippen LogP contribution in [0.15, 0.2) is 35.5 Å².